The van der Waals surface area contributed by atoms with Crippen LogP contribution in [0.5, 0.6) is 0 Å². The average Bonchev–Trinajstić information content (AvgIpc) is 3.04. The highest BCUT2D eigenvalue weighted by Crippen LogP contribution is 2.30. The summed E-state index contributed by atoms with van der Waals surface area (Å²) in [6, 6.07) is 11.2. The van der Waals surface area contributed by atoms with E-state index >= 15 is 0 Å². The van der Waals surface area contributed by atoms with E-state index in [9.17, 15) is 0 Å². The van der Waals surface area contributed by atoms with Crippen LogP contribution in [0.2, 0.25) is 0 Å². The quantitative estimate of drug-likeness (QED) is 0.799. The Labute approximate surface area is 122 Å². The molecule has 3 aromatic rings. The van der Waals surface area contributed by atoms with E-state index in [-0.39, 0.29) is 6.04 Å². The fourth-order valence-corrected chi connectivity index (χ4v) is 3.51. The van der Waals surface area contributed by atoms with Crippen molar-refractivity contribution in [1.82, 2.24) is 20.1 Å². The lowest BCUT2D eigenvalue weighted by Gasteiger charge is -2.18. The normalized spacial score (nSPS) is 14.6. The lowest BCUT2D eigenvalue weighted by atomic mass is 10.2. The summed E-state index contributed by atoms with van der Waals surface area (Å²) >= 11 is 1.84. The van der Waals surface area contributed by atoms with Crippen LogP contribution < -0.4 is 5.32 Å². The van der Waals surface area contributed by atoms with E-state index in [0.717, 1.165) is 5.82 Å². The molecule has 1 aromatic carbocycles. The Morgan fingerprint density at radius 2 is 2.00 bits per heavy atom. The van der Waals surface area contributed by atoms with Crippen molar-refractivity contribution in [2.45, 2.75) is 25.9 Å². The van der Waals surface area contributed by atoms with Crippen LogP contribution >= 0.6 is 11.3 Å². The first-order valence-corrected chi connectivity index (χ1v) is 7.55. The molecule has 0 saturated carbocycles. The van der Waals surface area contributed by atoms with Crippen molar-refractivity contribution < 1.29 is 0 Å². The second kappa shape index (κ2) is 5.34. The van der Waals surface area contributed by atoms with Gasteiger partial charge < -0.3 is 9.88 Å². The monoisotopic (exact) mass is 286 g/mol. The zero-order valence-electron chi connectivity index (χ0n) is 11.9. The van der Waals surface area contributed by atoms with Gasteiger partial charge in [0.1, 0.15) is 12.2 Å². The molecule has 2 atom stereocenters. The third-order valence-corrected chi connectivity index (χ3v) is 4.80. The van der Waals surface area contributed by atoms with Crippen molar-refractivity contribution in [3.05, 3.63) is 47.4 Å². The van der Waals surface area contributed by atoms with Crippen molar-refractivity contribution in [2.24, 2.45) is 7.05 Å². The first-order chi connectivity index (χ1) is 9.65. The number of nitrogens with one attached hydrogen (secondary N) is 1. The third-order valence-electron chi connectivity index (χ3n) is 3.51. The maximum Gasteiger partial charge on any atom is 0.149 e. The molecular formula is C15H18N4S. The van der Waals surface area contributed by atoms with Gasteiger partial charge in [-0.05, 0) is 31.4 Å². The Kier molecular flexibility index (Phi) is 3.54. The van der Waals surface area contributed by atoms with Gasteiger partial charge >= 0.3 is 0 Å². The number of nitrogens with zero attached hydrogens (tertiary/aromatic N) is 3. The molecule has 4 nitrogen and oxygen atoms in total. The third kappa shape index (κ3) is 2.46. The smallest absolute Gasteiger partial charge is 0.149 e. The number of hydrogen-bond acceptors (Lipinski definition) is 4. The van der Waals surface area contributed by atoms with Crippen LogP contribution in [0.15, 0.2) is 36.7 Å². The highest BCUT2D eigenvalue weighted by atomic mass is 32.1. The molecule has 0 amide bonds. The summed E-state index contributed by atoms with van der Waals surface area (Å²) in [5.74, 6) is 0.956. The molecule has 0 bridgehead atoms. The van der Waals surface area contributed by atoms with Gasteiger partial charge in [0.25, 0.3) is 0 Å². The standard InChI is InChI=1S/C15H18N4S/c1-10(17-11(2)15-18-16-9-19(15)3)14-8-12-6-4-5-7-13(12)20-14/h4-11,17H,1-3H3. The molecule has 20 heavy (non-hydrogen) atoms. The summed E-state index contributed by atoms with van der Waals surface area (Å²) in [5, 5.41) is 13.0. The van der Waals surface area contributed by atoms with Crippen molar-refractivity contribution in [1.29, 1.82) is 0 Å². The highest BCUT2D eigenvalue weighted by molar-refractivity contribution is 7.19. The molecule has 2 heterocycles. The van der Waals surface area contributed by atoms with E-state index in [2.05, 4.69) is 59.7 Å². The van der Waals surface area contributed by atoms with E-state index < -0.39 is 0 Å². The Bertz CT molecular complexity index is 682. The van der Waals surface area contributed by atoms with Crippen LogP contribution in [-0.4, -0.2) is 14.8 Å². The molecule has 3 rings (SSSR count). The molecule has 0 aliphatic carbocycles. The van der Waals surface area contributed by atoms with E-state index in [0.29, 0.717) is 6.04 Å². The number of aromatic nitrogens is 3. The first kappa shape index (κ1) is 13.3. The molecule has 0 radical (unpaired) electrons. The summed E-state index contributed by atoms with van der Waals surface area (Å²) in [6.07, 6.45) is 1.73. The molecule has 5 heteroatoms. The van der Waals surface area contributed by atoms with E-state index in [1.165, 1.54) is 15.0 Å². The number of rotatable bonds is 4. The summed E-state index contributed by atoms with van der Waals surface area (Å²) in [6.45, 7) is 4.31. The fourth-order valence-electron chi connectivity index (χ4n) is 2.43. The van der Waals surface area contributed by atoms with E-state index in [1.54, 1.807) is 6.33 Å². The van der Waals surface area contributed by atoms with Crippen LogP contribution in [0, 0.1) is 0 Å². The van der Waals surface area contributed by atoms with Gasteiger partial charge in [0, 0.05) is 22.7 Å². The van der Waals surface area contributed by atoms with Gasteiger partial charge in [0.15, 0.2) is 0 Å². The van der Waals surface area contributed by atoms with E-state index in [4.69, 9.17) is 0 Å². The maximum atomic E-state index is 4.16. The number of benzene rings is 1. The minimum atomic E-state index is 0.169. The zero-order valence-corrected chi connectivity index (χ0v) is 12.7. The van der Waals surface area contributed by atoms with Gasteiger partial charge in [-0.1, -0.05) is 18.2 Å². The van der Waals surface area contributed by atoms with Crippen molar-refractivity contribution in [2.75, 3.05) is 0 Å². The molecule has 0 aliphatic rings. The Morgan fingerprint density at radius 1 is 1.20 bits per heavy atom. The van der Waals surface area contributed by atoms with Crippen molar-refractivity contribution in [3.63, 3.8) is 0 Å². The lowest BCUT2D eigenvalue weighted by molar-refractivity contribution is 0.470. The largest absolute Gasteiger partial charge is 0.319 e. The van der Waals surface area contributed by atoms with Gasteiger partial charge in [-0.15, -0.1) is 21.5 Å². The summed E-state index contributed by atoms with van der Waals surface area (Å²) in [4.78, 5) is 1.35. The molecular weight excluding hydrogens is 268 g/mol. The van der Waals surface area contributed by atoms with Crippen LogP contribution in [-0.2, 0) is 7.05 Å². The van der Waals surface area contributed by atoms with Gasteiger partial charge in [-0.3, -0.25) is 0 Å². The Balaban J connectivity index is 1.79. The molecule has 0 saturated heterocycles. The minimum Gasteiger partial charge on any atom is -0.319 e. The van der Waals surface area contributed by atoms with Crippen LogP contribution in [0.1, 0.15) is 36.6 Å². The molecule has 1 N–H and O–H groups in total. The summed E-state index contributed by atoms with van der Waals surface area (Å²) in [7, 11) is 1.97. The Morgan fingerprint density at radius 3 is 2.70 bits per heavy atom. The van der Waals surface area contributed by atoms with Crippen LogP contribution in [0.3, 0.4) is 0 Å². The van der Waals surface area contributed by atoms with Crippen molar-refractivity contribution >= 4 is 21.4 Å². The number of thiophene rings is 1. The zero-order chi connectivity index (χ0) is 14.1. The molecule has 104 valence electrons. The van der Waals surface area contributed by atoms with Crippen LogP contribution in [0.4, 0.5) is 0 Å². The first-order valence-electron chi connectivity index (χ1n) is 6.73. The second-order valence-electron chi connectivity index (χ2n) is 5.10. The van der Waals surface area contributed by atoms with E-state index in [1.807, 2.05) is 23.0 Å². The summed E-state index contributed by atoms with van der Waals surface area (Å²) < 4.78 is 3.29. The number of hydrogen-bond donors (Lipinski definition) is 1. The minimum absolute atomic E-state index is 0.169. The van der Waals surface area contributed by atoms with Crippen molar-refractivity contribution in [3.8, 4) is 0 Å². The van der Waals surface area contributed by atoms with Gasteiger partial charge in [-0.2, -0.15) is 0 Å². The predicted octanol–water partition coefficient (Wildman–Crippen LogP) is 3.44. The highest BCUT2D eigenvalue weighted by Gasteiger charge is 2.16. The molecule has 0 aliphatic heterocycles. The maximum absolute atomic E-state index is 4.16. The van der Waals surface area contributed by atoms with Gasteiger partial charge in [0.2, 0.25) is 0 Å². The molecule has 0 spiro atoms. The molecule has 0 fully saturated rings. The van der Waals surface area contributed by atoms with Crippen LogP contribution in [0.25, 0.3) is 10.1 Å². The number of fused-ring (bicyclic) bond motifs is 1. The Hall–Kier alpha value is -1.72. The average molecular weight is 286 g/mol. The molecule has 2 aromatic heterocycles. The fraction of sp³-hybridized carbons (Fsp3) is 0.333. The predicted molar refractivity (Wildman–Crippen MR) is 82.8 cm³/mol. The van der Waals surface area contributed by atoms with Gasteiger partial charge in [0.05, 0.1) is 6.04 Å². The lowest BCUT2D eigenvalue weighted by Crippen LogP contribution is -2.24. The SMILES string of the molecule is CC(NC(C)c1nncn1C)c1cc2ccccc2s1. The summed E-state index contributed by atoms with van der Waals surface area (Å²) in [5.41, 5.74) is 0. The second-order valence-corrected chi connectivity index (χ2v) is 6.21. The topological polar surface area (TPSA) is 42.7 Å². The molecule has 2 unspecified atom stereocenters. The number of aryl methyl sites for hydroxylation is 1. The van der Waals surface area contributed by atoms with Gasteiger partial charge in [-0.25, -0.2) is 0 Å².